The van der Waals surface area contributed by atoms with Gasteiger partial charge in [0.25, 0.3) is 0 Å². The van der Waals surface area contributed by atoms with Gasteiger partial charge in [0, 0.05) is 6.20 Å². The Labute approximate surface area is 49.5 Å². The van der Waals surface area contributed by atoms with Gasteiger partial charge in [-0.15, -0.1) is 4.91 Å². The van der Waals surface area contributed by atoms with E-state index in [1.54, 1.807) is 22.9 Å². The average Bonchev–Trinajstić information content (AvgIpc) is 1.65. The molecule has 0 radical (unpaired) electrons. The highest BCUT2D eigenvalue weighted by Gasteiger charge is 1.78. The Morgan fingerprint density at radius 1 is 2.00 bits per heavy atom. The average molecular weight is 198 g/mol. The molecule has 0 aromatic rings. The quantitative estimate of drug-likeness (QED) is 0.291. The van der Waals surface area contributed by atoms with Crippen LogP contribution in [0.15, 0.2) is 18.1 Å². The van der Waals surface area contributed by atoms with Gasteiger partial charge in [0.1, 0.15) is 0 Å². The molecule has 0 amide bonds. The third-order valence-corrected chi connectivity index (χ3v) is 0.799. The fraction of sp³-hybridized carbons (Fsp3) is 0. The molecule has 0 N–H and O–H groups in total. The first kappa shape index (κ1) is 5.87. The Morgan fingerprint density at radius 3 is 2.50 bits per heavy atom. The van der Waals surface area contributed by atoms with Gasteiger partial charge in [0.2, 0.25) is 0 Å². The summed E-state index contributed by atoms with van der Waals surface area (Å²) in [6.45, 7) is 3.26. The van der Waals surface area contributed by atoms with E-state index in [-0.39, 0.29) is 0 Å². The molecule has 0 aliphatic carbocycles. The number of hydrogen-bond donors (Lipinski definition) is 0. The van der Waals surface area contributed by atoms with Crippen LogP contribution in [-0.4, -0.2) is 3.22 Å². The molecule has 0 saturated carbocycles. The summed E-state index contributed by atoms with van der Waals surface area (Å²) in [5.41, 5.74) is 0. The maximum absolute atomic E-state index is 9.33. The van der Waals surface area contributed by atoms with Crippen LogP contribution in [0.25, 0.3) is 0 Å². The van der Waals surface area contributed by atoms with Gasteiger partial charge in [0.05, 0.1) is 28.2 Å². The van der Waals surface area contributed by atoms with Crippen molar-refractivity contribution >= 4 is 22.9 Å². The zero-order valence-corrected chi connectivity index (χ0v) is 5.12. The van der Waals surface area contributed by atoms with E-state index < -0.39 is 0 Å². The topological polar surface area (TPSA) is 32.7 Å². The second-order valence-electron chi connectivity index (χ2n) is 0.553. The monoisotopic (exact) mass is 198 g/mol. The molecular weight excluding hydrogens is 195 g/mol. The predicted molar refractivity (Wildman–Crippen MR) is 31.9 cm³/mol. The molecule has 0 aromatic carbocycles. The third kappa shape index (κ3) is 2.13. The first-order valence-corrected chi connectivity index (χ1v) is 2.18. The molecule has 0 spiro atoms. The Morgan fingerprint density at radius 2 is 2.50 bits per heavy atom. The summed E-state index contributed by atoms with van der Waals surface area (Å²) in [5, 5.41) is 2.46. The van der Waals surface area contributed by atoms with Crippen LogP contribution in [0.1, 0.15) is 0 Å². The van der Waals surface area contributed by atoms with Crippen LogP contribution in [0.4, 0.5) is 0 Å². The molecule has 0 aliphatic rings. The van der Waals surface area contributed by atoms with Crippen LogP contribution in [-0.2, 0) is 0 Å². The molecule has 0 fully saturated rings. The highest BCUT2D eigenvalue weighted by atomic mass is 127. The predicted octanol–water partition coefficient (Wildman–Crippen LogP) is 1.46. The van der Waals surface area contributed by atoms with Crippen LogP contribution >= 0.6 is 22.9 Å². The van der Waals surface area contributed by atoms with Crippen molar-refractivity contribution in [3.05, 3.63) is 17.7 Å². The summed E-state index contributed by atoms with van der Waals surface area (Å²) in [6, 6.07) is 0. The number of rotatable bonds is 2. The van der Waals surface area contributed by atoms with E-state index in [9.17, 15) is 4.91 Å². The largest absolute Gasteiger partial charge is 0.176 e. The summed E-state index contributed by atoms with van der Waals surface area (Å²) >= 11 is 1.71. The van der Waals surface area contributed by atoms with Crippen LogP contribution in [0.2, 0.25) is 0 Å². The summed E-state index contributed by atoms with van der Waals surface area (Å²) in [4.78, 5) is 9.33. The lowest BCUT2D eigenvalue weighted by Crippen LogP contribution is -1.83. The van der Waals surface area contributed by atoms with Crippen molar-refractivity contribution in [2.75, 3.05) is 0 Å². The van der Waals surface area contributed by atoms with E-state index >= 15 is 0 Å². The molecular formula is C2H3IN2O. The fourth-order valence-corrected chi connectivity index (χ4v) is 0.0333. The SMILES string of the molecule is C=CN(I)N=O. The van der Waals surface area contributed by atoms with Crippen LogP contribution in [0, 0.1) is 4.91 Å². The standard InChI is InChI=1S/C2H3IN2O/c1-2-5(3)4-6/h2H,1H2. The van der Waals surface area contributed by atoms with E-state index in [1.807, 2.05) is 0 Å². The van der Waals surface area contributed by atoms with Crippen molar-refractivity contribution in [1.29, 1.82) is 0 Å². The third-order valence-electron chi connectivity index (χ3n) is 0.229. The van der Waals surface area contributed by atoms with Gasteiger partial charge in [-0.1, -0.05) is 6.58 Å². The van der Waals surface area contributed by atoms with Gasteiger partial charge in [-0.05, 0) is 0 Å². The molecule has 0 rings (SSSR count). The molecule has 0 atom stereocenters. The fourth-order valence-electron chi connectivity index (χ4n) is 0.0333. The lowest BCUT2D eigenvalue weighted by atomic mass is 11.1. The molecule has 6 heavy (non-hydrogen) atoms. The highest BCUT2D eigenvalue weighted by molar-refractivity contribution is 14.1. The van der Waals surface area contributed by atoms with Crippen LogP contribution in [0.5, 0.6) is 0 Å². The van der Waals surface area contributed by atoms with Gasteiger partial charge in [-0.2, -0.15) is 3.22 Å². The molecule has 0 unspecified atom stereocenters. The van der Waals surface area contributed by atoms with E-state index in [4.69, 9.17) is 0 Å². The minimum atomic E-state index is 1.05. The minimum Gasteiger partial charge on any atom is -0.176 e. The second-order valence-corrected chi connectivity index (χ2v) is 1.54. The van der Waals surface area contributed by atoms with E-state index in [1.165, 1.54) is 6.20 Å². The van der Waals surface area contributed by atoms with Crippen LogP contribution < -0.4 is 0 Å². The van der Waals surface area contributed by atoms with Crippen molar-refractivity contribution in [3.8, 4) is 0 Å². The lowest BCUT2D eigenvalue weighted by molar-refractivity contribution is 0.722. The molecule has 4 heteroatoms. The minimum absolute atomic E-state index is 1.05. The number of hydrogen-bond acceptors (Lipinski definition) is 2. The zero-order chi connectivity index (χ0) is 4.99. The first-order valence-electron chi connectivity index (χ1n) is 1.22. The van der Waals surface area contributed by atoms with E-state index in [0.717, 1.165) is 3.22 Å². The molecule has 3 nitrogen and oxygen atoms in total. The normalized spacial score (nSPS) is 6.83. The molecule has 0 aliphatic heterocycles. The Kier molecular flexibility index (Phi) is 3.01. The lowest BCUT2D eigenvalue weighted by Gasteiger charge is -1.89. The van der Waals surface area contributed by atoms with Gasteiger partial charge in [-0.25, -0.2) is 0 Å². The van der Waals surface area contributed by atoms with E-state index in [2.05, 4.69) is 11.9 Å². The molecule has 0 aromatic heterocycles. The van der Waals surface area contributed by atoms with Crippen molar-refractivity contribution in [3.63, 3.8) is 0 Å². The molecule has 34 valence electrons. The smallest absolute Gasteiger partial charge is 0.0879 e. The Bertz CT molecular complexity index is 56.6. The van der Waals surface area contributed by atoms with Crippen molar-refractivity contribution in [1.82, 2.24) is 3.22 Å². The number of halogens is 1. The van der Waals surface area contributed by atoms with Gasteiger partial charge < -0.3 is 0 Å². The molecule has 0 saturated heterocycles. The van der Waals surface area contributed by atoms with Gasteiger partial charge in [-0.3, -0.25) is 0 Å². The summed E-state index contributed by atoms with van der Waals surface area (Å²) in [6.07, 6.45) is 1.31. The number of nitrogens with zero attached hydrogens (tertiary/aromatic N) is 2. The van der Waals surface area contributed by atoms with Crippen LogP contribution in [0.3, 0.4) is 0 Å². The van der Waals surface area contributed by atoms with Crippen molar-refractivity contribution < 1.29 is 0 Å². The summed E-state index contributed by atoms with van der Waals surface area (Å²) < 4.78 is 1.05. The highest BCUT2D eigenvalue weighted by Crippen LogP contribution is 1.95. The maximum atomic E-state index is 9.33. The maximum Gasteiger partial charge on any atom is 0.0879 e. The van der Waals surface area contributed by atoms with Crippen molar-refractivity contribution in [2.45, 2.75) is 0 Å². The summed E-state index contributed by atoms with van der Waals surface area (Å²) in [7, 11) is 0. The molecule has 0 heterocycles. The van der Waals surface area contributed by atoms with Gasteiger partial charge in [0.15, 0.2) is 0 Å². The summed E-state index contributed by atoms with van der Waals surface area (Å²) in [5.74, 6) is 0. The van der Waals surface area contributed by atoms with E-state index in [0.29, 0.717) is 0 Å². The van der Waals surface area contributed by atoms with Crippen molar-refractivity contribution in [2.24, 2.45) is 5.29 Å². The first-order chi connectivity index (χ1) is 2.81. The number of nitroso groups, excluding NO2 is 1. The zero-order valence-electron chi connectivity index (χ0n) is 2.97. The van der Waals surface area contributed by atoms with Gasteiger partial charge >= 0.3 is 0 Å². The second kappa shape index (κ2) is 3.08. The Hall–Kier alpha value is -0.130. The molecule has 0 bridgehead atoms. The Balaban J connectivity index is 3.21.